The summed E-state index contributed by atoms with van der Waals surface area (Å²) < 4.78 is 16.9. The second kappa shape index (κ2) is 55.7. The molecule has 0 heterocycles. The molecule has 67 heavy (non-hydrogen) atoms. The van der Waals surface area contributed by atoms with Gasteiger partial charge in [0.15, 0.2) is 6.10 Å². The number of unbranched alkanes of at least 4 members (excludes halogenated alkanes) is 31. The molecule has 0 bridgehead atoms. The van der Waals surface area contributed by atoms with Crippen molar-refractivity contribution >= 4 is 17.9 Å². The molecule has 0 aliphatic heterocycles. The number of allylic oxidation sites excluding steroid dienone is 10. The summed E-state index contributed by atoms with van der Waals surface area (Å²) in [6.45, 7) is 6.53. The van der Waals surface area contributed by atoms with Gasteiger partial charge < -0.3 is 14.2 Å². The molecule has 0 aromatic heterocycles. The Labute approximate surface area is 415 Å². The third-order valence-electron chi connectivity index (χ3n) is 12.5. The lowest BCUT2D eigenvalue weighted by atomic mass is 10.0. The molecule has 0 N–H and O–H groups in total. The van der Waals surface area contributed by atoms with Crippen LogP contribution in [0.4, 0.5) is 0 Å². The van der Waals surface area contributed by atoms with Gasteiger partial charge in [0.05, 0.1) is 0 Å². The highest BCUT2D eigenvalue weighted by Gasteiger charge is 2.19. The van der Waals surface area contributed by atoms with Gasteiger partial charge in [-0.1, -0.05) is 268 Å². The predicted octanol–water partition coefficient (Wildman–Crippen LogP) is 19.2. The fourth-order valence-corrected chi connectivity index (χ4v) is 8.24. The first-order valence-electron chi connectivity index (χ1n) is 28.8. The first-order valence-corrected chi connectivity index (χ1v) is 28.8. The molecular formula is C61H108O6. The summed E-state index contributed by atoms with van der Waals surface area (Å²) in [5.41, 5.74) is 0. The van der Waals surface area contributed by atoms with Gasteiger partial charge in [-0.25, -0.2) is 0 Å². The van der Waals surface area contributed by atoms with E-state index in [9.17, 15) is 14.4 Å². The van der Waals surface area contributed by atoms with E-state index in [2.05, 4.69) is 81.5 Å². The number of esters is 3. The van der Waals surface area contributed by atoms with Crippen molar-refractivity contribution in [1.29, 1.82) is 0 Å². The second-order valence-electron chi connectivity index (χ2n) is 19.2. The minimum absolute atomic E-state index is 0.0808. The van der Waals surface area contributed by atoms with Crippen LogP contribution >= 0.6 is 0 Å². The summed E-state index contributed by atoms with van der Waals surface area (Å²) in [7, 11) is 0. The van der Waals surface area contributed by atoms with Gasteiger partial charge >= 0.3 is 17.9 Å². The summed E-state index contributed by atoms with van der Waals surface area (Å²) in [5.74, 6) is -0.900. The molecule has 6 nitrogen and oxygen atoms in total. The SMILES string of the molecule is CC/C=C\C/C=C\C/C=C\C/C=C\C/C=C\CCCCCC(=O)OC[C@H](COC(=O)CCCCCCCCCCCCCCC)OC(=O)CCCCCCCCCCCCCCCCCCC. The number of carbonyl (C=O) groups excluding carboxylic acids is 3. The highest BCUT2D eigenvalue weighted by atomic mass is 16.6. The molecule has 0 spiro atoms. The molecule has 0 saturated heterocycles. The maximum Gasteiger partial charge on any atom is 0.306 e. The fraction of sp³-hybridized carbons (Fsp3) is 0.787. The number of ether oxygens (including phenoxy) is 3. The Kier molecular flexibility index (Phi) is 53.3. The minimum atomic E-state index is -0.784. The average molecular weight is 938 g/mol. The van der Waals surface area contributed by atoms with Crippen molar-refractivity contribution < 1.29 is 28.6 Å². The molecule has 0 aliphatic rings. The zero-order valence-corrected chi connectivity index (χ0v) is 44.4. The van der Waals surface area contributed by atoms with Gasteiger partial charge in [0, 0.05) is 19.3 Å². The summed E-state index contributed by atoms with van der Waals surface area (Å²) >= 11 is 0. The van der Waals surface area contributed by atoms with Crippen molar-refractivity contribution in [2.24, 2.45) is 0 Å². The zero-order chi connectivity index (χ0) is 48.6. The monoisotopic (exact) mass is 937 g/mol. The van der Waals surface area contributed by atoms with Crippen LogP contribution in [0.15, 0.2) is 60.8 Å². The number of rotatable bonds is 52. The zero-order valence-electron chi connectivity index (χ0n) is 44.4. The van der Waals surface area contributed by atoms with Crippen molar-refractivity contribution in [3.8, 4) is 0 Å². The third kappa shape index (κ3) is 53.9. The Hall–Kier alpha value is -2.89. The highest BCUT2D eigenvalue weighted by molar-refractivity contribution is 5.71. The van der Waals surface area contributed by atoms with Gasteiger partial charge in [0.2, 0.25) is 0 Å². The molecule has 1 atom stereocenters. The van der Waals surface area contributed by atoms with Crippen LogP contribution in [-0.4, -0.2) is 37.2 Å². The lowest BCUT2D eigenvalue weighted by Crippen LogP contribution is -2.30. The summed E-state index contributed by atoms with van der Waals surface area (Å²) in [6, 6.07) is 0. The third-order valence-corrected chi connectivity index (χ3v) is 12.5. The number of hydrogen-bond donors (Lipinski definition) is 0. The largest absolute Gasteiger partial charge is 0.462 e. The van der Waals surface area contributed by atoms with Crippen molar-refractivity contribution in [3.63, 3.8) is 0 Å². The van der Waals surface area contributed by atoms with Crippen molar-refractivity contribution in [2.75, 3.05) is 13.2 Å². The topological polar surface area (TPSA) is 78.9 Å². The maximum absolute atomic E-state index is 12.9. The van der Waals surface area contributed by atoms with Crippen molar-refractivity contribution in [2.45, 2.75) is 297 Å². The van der Waals surface area contributed by atoms with Crippen LogP contribution in [0.3, 0.4) is 0 Å². The van der Waals surface area contributed by atoms with Crippen molar-refractivity contribution in [3.05, 3.63) is 60.8 Å². The van der Waals surface area contributed by atoms with Crippen LogP contribution in [0.25, 0.3) is 0 Å². The van der Waals surface area contributed by atoms with Gasteiger partial charge in [-0.2, -0.15) is 0 Å². The van der Waals surface area contributed by atoms with Gasteiger partial charge in [-0.15, -0.1) is 0 Å². The Bertz CT molecular complexity index is 1210. The molecule has 0 aromatic rings. The van der Waals surface area contributed by atoms with Crippen LogP contribution in [0.5, 0.6) is 0 Å². The van der Waals surface area contributed by atoms with E-state index in [1.807, 2.05) is 0 Å². The van der Waals surface area contributed by atoms with E-state index >= 15 is 0 Å². The Balaban J connectivity index is 4.40. The van der Waals surface area contributed by atoms with E-state index in [0.29, 0.717) is 19.3 Å². The molecule has 6 heteroatoms. The van der Waals surface area contributed by atoms with E-state index in [-0.39, 0.29) is 31.1 Å². The van der Waals surface area contributed by atoms with Crippen LogP contribution in [0.1, 0.15) is 290 Å². The van der Waals surface area contributed by atoms with Gasteiger partial charge in [-0.3, -0.25) is 14.4 Å². The van der Waals surface area contributed by atoms with E-state index in [0.717, 1.165) is 96.3 Å². The lowest BCUT2D eigenvalue weighted by Gasteiger charge is -2.18. The minimum Gasteiger partial charge on any atom is -0.462 e. The van der Waals surface area contributed by atoms with E-state index in [4.69, 9.17) is 14.2 Å². The summed E-state index contributed by atoms with van der Waals surface area (Å²) in [4.78, 5) is 38.1. The molecule has 388 valence electrons. The quantitative estimate of drug-likeness (QED) is 0.0262. The second-order valence-corrected chi connectivity index (χ2v) is 19.2. The maximum atomic E-state index is 12.9. The van der Waals surface area contributed by atoms with Crippen LogP contribution in [-0.2, 0) is 28.6 Å². The van der Waals surface area contributed by atoms with Crippen molar-refractivity contribution in [1.82, 2.24) is 0 Å². The molecular weight excluding hydrogens is 829 g/mol. The van der Waals surface area contributed by atoms with E-state index in [1.54, 1.807) is 0 Å². The Morgan fingerprint density at radius 2 is 0.582 bits per heavy atom. The van der Waals surface area contributed by atoms with Gasteiger partial charge in [0.25, 0.3) is 0 Å². The molecule has 0 saturated carbocycles. The lowest BCUT2D eigenvalue weighted by molar-refractivity contribution is -0.167. The first kappa shape index (κ1) is 64.1. The molecule has 0 amide bonds. The smallest absolute Gasteiger partial charge is 0.306 e. The Morgan fingerprint density at radius 3 is 0.910 bits per heavy atom. The molecule has 0 rings (SSSR count). The van der Waals surface area contributed by atoms with E-state index < -0.39 is 6.10 Å². The number of hydrogen-bond acceptors (Lipinski definition) is 6. The molecule has 0 aliphatic carbocycles. The van der Waals surface area contributed by atoms with Gasteiger partial charge in [0.1, 0.15) is 13.2 Å². The standard InChI is InChI=1S/C61H108O6/c1-4-7-10-13-16-19-22-25-27-29-30-32-33-36-39-42-45-48-51-54-60(63)66-57-58(56-65-59(62)53-50-47-44-41-38-35-24-21-18-15-12-9-6-3)67-61(64)55-52-49-46-43-40-37-34-31-28-26-23-20-17-14-11-8-5-2/h7,10,16,19,25,27,30,32,36,39,58H,4-6,8-9,11-15,17-18,20-24,26,28-29,31,33-35,37-38,40-57H2,1-3H3/b10-7-,19-16-,27-25-,32-30-,39-36-/t58-/m0/s1. The first-order chi connectivity index (χ1) is 33.0. The predicted molar refractivity (Wildman–Crippen MR) is 288 cm³/mol. The molecule has 0 fully saturated rings. The molecule has 0 aromatic carbocycles. The van der Waals surface area contributed by atoms with Crippen LogP contribution < -0.4 is 0 Å². The van der Waals surface area contributed by atoms with E-state index in [1.165, 1.54) is 154 Å². The van der Waals surface area contributed by atoms with Crippen LogP contribution in [0.2, 0.25) is 0 Å². The molecule has 0 radical (unpaired) electrons. The average Bonchev–Trinajstić information content (AvgIpc) is 3.33. The molecule has 0 unspecified atom stereocenters. The van der Waals surface area contributed by atoms with Gasteiger partial charge in [-0.05, 0) is 64.2 Å². The normalized spacial score (nSPS) is 12.5. The summed E-state index contributed by atoms with van der Waals surface area (Å²) in [5, 5.41) is 0. The fourth-order valence-electron chi connectivity index (χ4n) is 8.24. The Morgan fingerprint density at radius 1 is 0.313 bits per heavy atom. The highest BCUT2D eigenvalue weighted by Crippen LogP contribution is 2.16. The van der Waals surface area contributed by atoms with Crippen LogP contribution in [0, 0.1) is 0 Å². The number of carbonyl (C=O) groups is 3. The summed E-state index contributed by atoms with van der Waals surface area (Å²) in [6.07, 6.45) is 69.2.